The summed E-state index contributed by atoms with van der Waals surface area (Å²) in [6.07, 6.45) is 9.49. The van der Waals surface area contributed by atoms with Crippen LogP contribution in [0.15, 0.2) is 79.4 Å². The van der Waals surface area contributed by atoms with Gasteiger partial charge >= 0.3 is 0 Å². The highest BCUT2D eigenvalue weighted by atomic mass is 16.5. The molecule has 0 bridgehead atoms. The number of rotatable bonds is 9. The lowest BCUT2D eigenvalue weighted by Gasteiger charge is -2.15. The second-order valence-corrected chi connectivity index (χ2v) is 5.33. The molecule has 0 aromatic heterocycles. The molecule has 1 atom stereocenters. The summed E-state index contributed by atoms with van der Waals surface area (Å²) in [7, 11) is 0. The highest BCUT2D eigenvalue weighted by molar-refractivity contribution is 5.48. The first-order valence-electron chi connectivity index (χ1n) is 7.86. The lowest BCUT2D eigenvalue weighted by atomic mass is 10.1. The third kappa shape index (κ3) is 6.11. The van der Waals surface area contributed by atoms with Gasteiger partial charge in [-0.25, -0.2) is 0 Å². The lowest BCUT2D eigenvalue weighted by Crippen LogP contribution is -2.11. The molecule has 0 saturated carbocycles. The molecule has 0 aliphatic carbocycles. The monoisotopic (exact) mass is 292 g/mol. The van der Waals surface area contributed by atoms with Gasteiger partial charge in [-0.05, 0) is 30.4 Å². The minimum Gasteiger partial charge on any atom is -0.373 e. The van der Waals surface area contributed by atoms with Crippen molar-refractivity contribution >= 4 is 6.08 Å². The molecular formula is C21H24O. The molecule has 114 valence electrons. The van der Waals surface area contributed by atoms with E-state index in [0.717, 1.165) is 19.3 Å². The highest BCUT2D eigenvalue weighted by Gasteiger charge is 2.06. The molecule has 1 nitrogen and oxygen atoms in total. The van der Waals surface area contributed by atoms with Crippen LogP contribution in [0.2, 0.25) is 0 Å². The van der Waals surface area contributed by atoms with Crippen LogP contribution in [0.3, 0.4) is 0 Å². The Balaban J connectivity index is 1.76. The van der Waals surface area contributed by atoms with Gasteiger partial charge in [0.05, 0.1) is 12.7 Å². The second kappa shape index (κ2) is 9.75. The van der Waals surface area contributed by atoms with E-state index in [1.165, 1.54) is 11.1 Å². The van der Waals surface area contributed by atoms with Crippen LogP contribution < -0.4 is 0 Å². The van der Waals surface area contributed by atoms with Crippen molar-refractivity contribution in [1.29, 1.82) is 0 Å². The molecule has 0 spiro atoms. The van der Waals surface area contributed by atoms with Crippen molar-refractivity contribution in [2.24, 2.45) is 0 Å². The Hall–Kier alpha value is -2.12. The molecule has 0 aliphatic heterocycles. The van der Waals surface area contributed by atoms with Gasteiger partial charge in [0.1, 0.15) is 0 Å². The summed E-state index contributed by atoms with van der Waals surface area (Å²) in [6.45, 7) is 4.50. The van der Waals surface area contributed by atoms with E-state index < -0.39 is 0 Å². The fourth-order valence-corrected chi connectivity index (χ4v) is 2.31. The van der Waals surface area contributed by atoms with Gasteiger partial charge in [-0.3, -0.25) is 0 Å². The number of allylic oxidation sites excluding steroid dienone is 1. The summed E-state index contributed by atoms with van der Waals surface area (Å²) in [6, 6.07) is 20.7. The van der Waals surface area contributed by atoms with E-state index in [1.54, 1.807) is 0 Å². The van der Waals surface area contributed by atoms with Crippen molar-refractivity contribution in [3.63, 3.8) is 0 Å². The topological polar surface area (TPSA) is 9.23 Å². The maximum absolute atomic E-state index is 6.02. The third-order valence-corrected chi connectivity index (χ3v) is 3.52. The molecule has 0 heterocycles. The Bertz CT molecular complexity index is 557. The van der Waals surface area contributed by atoms with Gasteiger partial charge < -0.3 is 4.74 Å². The van der Waals surface area contributed by atoms with Crippen LogP contribution in [0.25, 0.3) is 6.08 Å². The van der Waals surface area contributed by atoms with Crippen molar-refractivity contribution in [2.45, 2.75) is 32.0 Å². The zero-order valence-corrected chi connectivity index (χ0v) is 13.0. The fourth-order valence-electron chi connectivity index (χ4n) is 2.31. The van der Waals surface area contributed by atoms with Gasteiger partial charge in [-0.1, -0.05) is 78.9 Å². The highest BCUT2D eigenvalue weighted by Crippen LogP contribution is 2.13. The standard InChI is InChI=1S/C21H24O/c1-2-11-21(22-18-20-15-7-4-8-16-20)17-10-9-14-19-12-5-3-6-13-19/h2-9,12-16,21H,1,10-11,17-18H2/b14-9+/t21-/m0/s1. The number of hydrogen-bond acceptors (Lipinski definition) is 1. The molecule has 0 N–H and O–H groups in total. The molecule has 2 rings (SSSR count). The maximum Gasteiger partial charge on any atom is 0.0720 e. The molecule has 22 heavy (non-hydrogen) atoms. The van der Waals surface area contributed by atoms with E-state index in [4.69, 9.17) is 4.74 Å². The molecule has 0 saturated heterocycles. The van der Waals surface area contributed by atoms with Gasteiger partial charge in [0.15, 0.2) is 0 Å². The number of benzene rings is 2. The number of hydrogen-bond donors (Lipinski definition) is 0. The van der Waals surface area contributed by atoms with Crippen molar-refractivity contribution in [1.82, 2.24) is 0 Å². The van der Waals surface area contributed by atoms with Gasteiger partial charge in [0, 0.05) is 0 Å². The van der Waals surface area contributed by atoms with Crippen LogP contribution in [0.4, 0.5) is 0 Å². The van der Waals surface area contributed by atoms with Gasteiger partial charge in [-0.15, -0.1) is 6.58 Å². The van der Waals surface area contributed by atoms with Crippen molar-refractivity contribution in [3.8, 4) is 0 Å². The zero-order valence-electron chi connectivity index (χ0n) is 13.0. The van der Waals surface area contributed by atoms with Crippen LogP contribution in [0.1, 0.15) is 30.4 Å². The minimum absolute atomic E-state index is 0.234. The summed E-state index contributed by atoms with van der Waals surface area (Å²) in [4.78, 5) is 0. The van der Waals surface area contributed by atoms with Crippen molar-refractivity contribution < 1.29 is 4.74 Å². The molecule has 2 aromatic carbocycles. The predicted molar refractivity (Wildman–Crippen MR) is 94.5 cm³/mol. The summed E-state index contributed by atoms with van der Waals surface area (Å²) in [5.74, 6) is 0. The Morgan fingerprint density at radius 1 is 0.955 bits per heavy atom. The smallest absolute Gasteiger partial charge is 0.0720 e. The van der Waals surface area contributed by atoms with E-state index >= 15 is 0 Å². The normalized spacial score (nSPS) is 12.4. The molecule has 0 unspecified atom stereocenters. The third-order valence-electron chi connectivity index (χ3n) is 3.52. The van der Waals surface area contributed by atoms with Gasteiger partial charge in [0.2, 0.25) is 0 Å². The molecular weight excluding hydrogens is 268 g/mol. The average Bonchev–Trinajstić information content (AvgIpc) is 2.58. The molecule has 1 heteroatoms. The minimum atomic E-state index is 0.234. The SMILES string of the molecule is C=CC[C@@H](CC/C=C/c1ccccc1)OCc1ccccc1. The maximum atomic E-state index is 6.02. The average molecular weight is 292 g/mol. The van der Waals surface area contributed by atoms with Gasteiger partial charge in [-0.2, -0.15) is 0 Å². The summed E-state index contributed by atoms with van der Waals surface area (Å²) in [5.41, 5.74) is 2.46. The van der Waals surface area contributed by atoms with Crippen molar-refractivity contribution in [3.05, 3.63) is 90.5 Å². The molecule has 2 aromatic rings. The first-order chi connectivity index (χ1) is 10.9. The number of ether oxygens (including phenoxy) is 1. The second-order valence-electron chi connectivity index (χ2n) is 5.33. The summed E-state index contributed by atoms with van der Waals surface area (Å²) < 4.78 is 6.02. The first kappa shape index (κ1) is 16.3. The Morgan fingerprint density at radius 2 is 1.64 bits per heavy atom. The fraction of sp³-hybridized carbons (Fsp3) is 0.238. The van der Waals surface area contributed by atoms with Crippen LogP contribution >= 0.6 is 0 Å². The molecule has 0 fully saturated rings. The molecule has 0 radical (unpaired) electrons. The van der Waals surface area contributed by atoms with E-state index in [-0.39, 0.29) is 6.10 Å². The molecule has 0 amide bonds. The van der Waals surface area contributed by atoms with Crippen LogP contribution in [-0.4, -0.2) is 6.10 Å². The predicted octanol–water partition coefficient (Wildman–Crippen LogP) is 5.64. The lowest BCUT2D eigenvalue weighted by molar-refractivity contribution is 0.0378. The van der Waals surface area contributed by atoms with Gasteiger partial charge in [0.25, 0.3) is 0 Å². The summed E-state index contributed by atoms with van der Waals surface area (Å²) in [5, 5.41) is 0. The molecule has 0 aliphatic rings. The Morgan fingerprint density at radius 3 is 2.32 bits per heavy atom. The quantitative estimate of drug-likeness (QED) is 0.543. The largest absolute Gasteiger partial charge is 0.373 e. The van der Waals surface area contributed by atoms with Crippen LogP contribution in [-0.2, 0) is 11.3 Å². The van der Waals surface area contributed by atoms with E-state index in [0.29, 0.717) is 6.61 Å². The first-order valence-corrected chi connectivity index (χ1v) is 7.86. The van der Waals surface area contributed by atoms with Crippen molar-refractivity contribution in [2.75, 3.05) is 0 Å². The van der Waals surface area contributed by atoms with Crippen LogP contribution in [0.5, 0.6) is 0 Å². The Labute approximate surface area is 134 Å². The van der Waals surface area contributed by atoms with E-state index in [9.17, 15) is 0 Å². The summed E-state index contributed by atoms with van der Waals surface area (Å²) >= 11 is 0. The van der Waals surface area contributed by atoms with E-state index in [2.05, 4.69) is 55.1 Å². The van der Waals surface area contributed by atoms with E-state index in [1.807, 2.05) is 30.3 Å². The zero-order chi connectivity index (χ0) is 15.5. The Kier molecular flexibility index (Phi) is 7.20. The van der Waals surface area contributed by atoms with Crippen LogP contribution in [0, 0.1) is 0 Å².